The van der Waals surface area contributed by atoms with Gasteiger partial charge in [0, 0.05) is 6.54 Å². The largest absolute Gasteiger partial charge is 0.484 e. The number of halogens is 1. The Kier molecular flexibility index (Phi) is 4.74. The van der Waals surface area contributed by atoms with Crippen molar-refractivity contribution in [3.05, 3.63) is 30.1 Å². The normalized spacial score (nSPS) is 21.9. The van der Waals surface area contributed by atoms with Gasteiger partial charge >= 0.3 is 5.97 Å². The lowest BCUT2D eigenvalue weighted by Crippen LogP contribution is -2.52. The number of hydrogen-bond donors (Lipinski definition) is 1. The SMILES string of the molecule is C[C@@H]1CN(C(=O)COc2ccc(F)cc2)CC(C(=O)O)O1. The van der Waals surface area contributed by atoms with Crippen LogP contribution in [0.4, 0.5) is 4.39 Å². The summed E-state index contributed by atoms with van der Waals surface area (Å²) in [6.07, 6.45) is -1.38. The number of nitrogens with zero attached hydrogens (tertiary/aromatic N) is 1. The van der Waals surface area contributed by atoms with Gasteiger partial charge in [0.05, 0.1) is 12.6 Å². The molecule has 1 fully saturated rings. The Morgan fingerprint density at radius 2 is 2.05 bits per heavy atom. The molecule has 1 unspecified atom stereocenters. The Bertz CT molecular complexity index is 519. The third-order valence-electron chi connectivity index (χ3n) is 3.06. The van der Waals surface area contributed by atoms with E-state index in [0.29, 0.717) is 12.3 Å². The zero-order valence-electron chi connectivity index (χ0n) is 11.5. The molecule has 0 saturated carbocycles. The summed E-state index contributed by atoms with van der Waals surface area (Å²) in [5.74, 6) is -1.44. The fourth-order valence-electron chi connectivity index (χ4n) is 2.06. The highest BCUT2D eigenvalue weighted by molar-refractivity contribution is 5.79. The van der Waals surface area contributed by atoms with E-state index in [2.05, 4.69) is 0 Å². The molecule has 1 aromatic carbocycles. The lowest BCUT2D eigenvalue weighted by molar-refractivity contribution is -0.167. The van der Waals surface area contributed by atoms with E-state index in [4.69, 9.17) is 14.6 Å². The number of hydrogen-bond acceptors (Lipinski definition) is 4. The molecule has 7 heteroatoms. The number of amides is 1. The summed E-state index contributed by atoms with van der Waals surface area (Å²) in [5, 5.41) is 8.96. The summed E-state index contributed by atoms with van der Waals surface area (Å²) in [6.45, 7) is 1.78. The topological polar surface area (TPSA) is 76.1 Å². The maximum absolute atomic E-state index is 12.7. The van der Waals surface area contributed by atoms with Crippen LogP contribution in [0.15, 0.2) is 24.3 Å². The second kappa shape index (κ2) is 6.53. The molecule has 0 spiro atoms. The summed E-state index contributed by atoms with van der Waals surface area (Å²) < 4.78 is 23.2. The number of carboxylic acids is 1. The first kappa shape index (κ1) is 15.2. The Hall–Kier alpha value is -2.15. The average molecular weight is 297 g/mol. The van der Waals surface area contributed by atoms with Crippen LogP contribution in [0.5, 0.6) is 5.75 Å². The average Bonchev–Trinajstić information content (AvgIpc) is 2.45. The van der Waals surface area contributed by atoms with Crippen LogP contribution in [0, 0.1) is 5.82 Å². The quantitative estimate of drug-likeness (QED) is 0.894. The van der Waals surface area contributed by atoms with Crippen molar-refractivity contribution in [2.45, 2.75) is 19.1 Å². The number of rotatable bonds is 4. The Balaban J connectivity index is 1.90. The lowest BCUT2D eigenvalue weighted by Gasteiger charge is -2.34. The molecule has 114 valence electrons. The van der Waals surface area contributed by atoms with Gasteiger partial charge in [-0.05, 0) is 31.2 Å². The molecule has 1 N–H and O–H groups in total. The van der Waals surface area contributed by atoms with Crippen molar-refractivity contribution < 1.29 is 28.6 Å². The van der Waals surface area contributed by atoms with Gasteiger partial charge < -0.3 is 19.5 Å². The number of carboxylic acid groups (broad SMARTS) is 1. The van der Waals surface area contributed by atoms with E-state index in [0.717, 1.165) is 0 Å². The van der Waals surface area contributed by atoms with Crippen LogP contribution in [0.25, 0.3) is 0 Å². The maximum atomic E-state index is 12.7. The highest BCUT2D eigenvalue weighted by atomic mass is 19.1. The van der Waals surface area contributed by atoms with Crippen LogP contribution in [0.1, 0.15) is 6.92 Å². The molecule has 2 rings (SSSR count). The van der Waals surface area contributed by atoms with E-state index in [1.54, 1.807) is 6.92 Å². The number of aliphatic carboxylic acids is 1. The molecule has 1 aliphatic rings. The zero-order chi connectivity index (χ0) is 15.4. The summed E-state index contributed by atoms with van der Waals surface area (Å²) in [4.78, 5) is 24.4. The van der Waals surface area contributed by atoms with Crippen LogP contribution >= 0.6 is 0 Å². The van der Waals surface area contributed by atoms with Crippen LogP contribution < -0.4 is 4.74 Å². The zero-order valence-corrected chi connectivity index (χ0v) is 11.5. The second-order valence-corrected chi connectivity index (χ2v) is 4.81. The van der Waals surface area contributed by atoms with Crippen LogP contribution in [-0.4, -0.2) is 53.8 Å². The predicted octanol–water partition coefficient (Wildman–Crippen LogP) is 0.905. The number of benzene rings is 1. The molecule has 1 saturated heterocycles. The third kappa shape index (κ3) is 4.16. The van der Waals surface area contributed by atoms with E-state index in [-0.39, 0.29) is 31.0 Å². The van der Waals surface area contributed by atoms with Gasteiger partial charge in [0.2, 0.25) is 0 Å². The van der Waals surface area contributed by atoms with Crippen molar-refractivity contribution in [3.8, 4) is 5.75 Å². The smallest absolute Gasteiger partial charge is 0.334 e. The second-order valence-electron chi connectivity index (χ2n) is 4.81. The first-order chi connectivity index (χ1) is 9.95. The van der Waals surface area contributed by atoms with Crippen molar-refractivity contribution in [3.63, 3.8) is 0 Å². The lowest BCUT2D eigenvalue weighted by atomic mass is 10.2. The fraction of sp³-hybridized carbons (Fsp3) is 0.429. The fourth-order valence-corrected chi connectivity index (χ4v) is 2.06. The molecule has 2 atom stereocenters. The number of morpholine rings is 1. The molecular formula is C14H16FNO5. The van der Waals surface area contributed by atoms with E-state index in [9.17, 15) is 14.0 Å². The van der Waals surface area contributed by atoms with Gasteiger partial charge in [0.1, 0.15) is 11.6 Å². The van der Waals surface area contributed by atoms with Crippen molar-refractivity contribution in [1.29, 1.82) is 0 Å². The molecular weight excluding hydrogens is 281 g/mol. The standard InChI is InChI=1S/C14H16FNO5/c1-9-6-16(7-12(21-9)14(18)19)13(17)8-20-11-4-2-10(15)3-5-11/h2-5,9,12H,6-8H2,1H3,(H,18,19)/t9-,12?/m1/s1. The summed E-state index contributed by atoms with van der Waals surface area (Å²) in [7, 11) is 0. The molecule has 6 nitrogen and oxygen atoms in total. The van der Waals surface area contributed by atoms with E-state index in [1.165, 1.54) is 29.2 Å². The van der Waals surface area contributed by atoms with Crippen LogP contribution in [0.3, 0.4) is 0 Å². The summed E-state index contributed by atoms with van der Waals surface area (Å²) in [6, 6.07) is 5.31. The van der Waals surface area contributed by atoms with Crippen LogP contribution in [0.2, 0.25) is 0 Å². The first-order valence-corrected chi connectivity index (χ1v) is 6.50. The molecule has 0 bridgehead atoms. The third-order valence-corrected chi connectivity index (χ3v) is 3.06. The van der Waals surface area contributed by atoms with Gasteiger partial charge in [-0.25, -0.2) is 9.18 Å². The molecule has 1 aromatic rings. The summed E-state index contributed by atoms with van der Waals surface area (Å²) in [5.41, 5.74) is 0. The van der Waals surface area contributed by atoms with E-state index in [1.807, 2.05) is 0 Å². The number of carbonyl (C=O) groups is 2. The molecule has 0 radical (unpaired) electrons. The Morgan fingerprint density at radius 1 is 1.38 bits per heavy atom. The minimum atomic E-state index is -1.10. The van der Waals surface area contributed by atoms with Crippen molar-refractivity contribution >= 4 is 11.9 Å². The van der Waals surface area contributed by atoms with Gasteiger partial charge in [-0.15, -0.1) is 0 Å². The van der Waals surface area contributed by atoms with Gasteiger partial charge in [0.15, 0.2) is 12.7 Å². The highest BCUT2D eigenvalue weighted by Crippen LogP contribution is 2.14. The van der Waals surface area contributed by atoms with Gasteiger partial charge in [-0.2, -0.15) is 0 Å². The summed E-state index contributed by atoms with van der Waals surface area (Å²) >= 11 is 0. The van der Waals surface area contributed by atoms with Gasteiger partial charge in [0.25, 0.3) is 5.91 Å². The highest BCUT2D eigenvalue weighted by Gasteiger charge is 2.32. The van der Waals surface area contributed by atoms with Crippen molar-refractivity contribution in [2.75, 3.05) is 19.7 Å². The Labute approximate surface area is 121 Å². The molecule has 21 heavy (non-hydrogen) atoms. The van der Waals surface area contributed by atoms with Crippen LogP contribution in [-0.2, 0) is 14.3 Å². The van der Waals surface area contributed by atoms with E-state index >= 15 is 0 Å². The minimum Gasteiger partial charge on any atom is -0.484 e. The number of ether oxygens (including phenoxy) is 2. The monoisotopic (exact) mass is 297 g/mol. The van der Waals surface area contributed by atoms with Crippen molar-refractivity contribution in [2.24, 2.45) is 0 Å². The van der Waals surface area contributed by atoms with Gasteiger partial charge in [-0.3, -0.25) is 4.79 Å². The van der Waals surface area contributed by atoms with Crippen molar-refractivity contribution in [1.82, 2.24) is 4.90 Å². The molecule has 1 amide bonds. The molecule has 0 aliphatic carbocycles. The maximum Gasteiger partial charge on any atom is 0.334 e. The van der Waals surface area contributed by atoms with E-state index < -0.39 is 12.1 Å². The Morgan fingerprint density at radius 3 is 2.67 bits per heavy atom. The molecule has 0 aromatic heterocycles. The first-order valence-electron chi connectivity index (χ1n) is 6.50. The van der Waals surface area contributed by atoms with Gasteiger partial charge in [-0.1, -0.05) is 0 Å². The molecule has 1 heterocycles. The molecule has 1 aliphatic heterocycles. The predicted molar refractivity (Wildman–Crippen MR) is 70.4 cm³/mol. The number of carbonyl (C=O) groups excluding carboxylic acids is 1. The minimum absolute atomic E-state index is 0.00865.